The van der Waals surface area contributed by atoms with Gasteiger partial charge in [0.25, 0.3) is 5.56 Å². The van der Waals surface area contributed by atoms with Gasteiger partial charge in [-0.3, -0.25) is 4.79 Å². The van der Waals surface area contributed by atoms with E-state index in [1.807, 2.05) is 24.3 Å². The van der Waals surface area contributed by atoms with Crippen molar-refractivity contribution in [3.8, 4) is 5.69 Å². The highest BCUT2D eigenvalue weighted by Gasteiger charge is 2.12. The Morgan fingerprint density at radius 3 is 2.72 bits per heavy atom. The van der Waals surface area contributed by atoms with Crippen LogP contribution in [0.5, 0.6) is 0 Å². The third kappa shape index (κ3) is 1.65. The summed E-state index contributed by atoms with van der Waals surface area (Å²) < 4.78 is 2.66. The Balaban J connectivity index is 2.34. The maximum absolute atomic E-state index is 11.7. The number of aryl methyl sites for hydroxylation is 1. The van der Waals surface area contributed by atoms with Crippen LogP contribution in [0.15, 0.2) is 39.9 Å². The summed E-state index contributed by atoms with van der Waals surface area (Å²) in [5.74, 6) is 0. The molecule has 0 amide bonds. The highest BCUT2D eigenvalue weighted by Crippen LogP contribution is 2.18. The number of aromatic amines is 1. The van der Waals surface area contributed by atoms with Gasteiger partial charge < -0.3 is 4.98 Å². The third-order valence-corrected chi connectivity index (χ3v) is 3.25. The number of H-pyrrole nitrogens is 1. The summed E-state index contributed by atoms with van der Waals surface area (Å²) in [6.07, 6.45) is 1.39. The molecule has 2 heterocycles. The van der Waals surface area contributed by atoms with E-state index in [9.17, 15) is 4.79 Å². The molecule has 0 bridgehead atoms. The largest absolute Gasteiger partial charge is 0.312 e. The fraction of sp³-hybridized carbons (Fsp3) is 0.0833. The van der Waals surface area contributed by atoms with E-state index in [2.05, 4.69) is 31.0 Å². The first-order chi connectivity index (χ1) is 8.66. The third-order valence-electron chi connectivity index (χ3n) is 2.72. The van der Waals surface area contributed by atoms with Gasteiger partial charge in [-0.2, -0.15) is 5.10 Å². The van der Waals surface area contributed by atoms with Gasteiger partial charge in [0.05, 0.1) is 17.7 Å². The lowest BCUT2D eigenvalue weighted by Crippen LogP contribution is -2.07. The predicted molar refractivity (Wildman–Crippen MR) is 71.9 cm³/mol. The average Bonchev–Trinajstić information content (AvgIpc) is 2.69. The molecule has 90 valence electrons. The van der Waals surface area contributed by atoms with Crippen LogP contribution >= 0.6 is 15.9 Å². The van der Waals surface area contributed by atoms with Gasteiger partial charge in [0, 0.05) is 4.47 Å². The average molecular weight is 305 g/mol. The second-order valence-corrected chi connectivity index (χ2v) is 4.82. The van der Waals surface area contributed by atoms with E-state index >= 15 is 0 Å². The summed E-state index contributed by atoms with van der Waals surface area (Å²) >= 11 is 3.38. The van der Waals surface area contributed by atoms with E-state index in [4.69, 9.17) is 0 Å². The normalized spacial score (nSPS) is 11.0. The van der Waals surface area contributed by atoms with Crippen molar-refractivity contribution in [3.05, 3.63) is 51.1 Å². The molecule has 5 nitrogen and oxygen atoms in total. The van der Waals surface area contributed by atoms with E-state index in [1.165, 1.54) is 6.33 Å². The summed E-state index contributed by atoms with van der Waals surface area (Å²) in [5, 5.41) is 4.90. The maximum Gasteiger partial charge on any atom is 0.262 e. The minimum atomic E-state index is -0.166. The fourth-order valence-corrected chi connectivity index (χ4v) is 2.15. The lowest BCUT2D eigenvalue weighted by Gasteiger charge is -2.02. The number of rotatable bonds is 1. The first kappa shape index (κ1) is 11.2. The molecule has 0 aliphatic carbocycles. The number of hydrogen-bond acceptors (Lipinski definition) is 3. The Labute approximate surface area is 111 Å². The molecule has 6 heteroatoms. The number of fused-ring (bicyclic) bond motifs is 1. The van der Waals surface area contributed by atoms with Crippen LogP contribution in [0, 0.1) is 6.92 Å². The van der Waals surface area contributed by atoms with Crippen LogP contribution in [0.4, 0.5) is 0 Å². The first-order valence-corrected chi connectivity index (χ1v) is 6.15. The zero-order chi connectivity index (χ0) is 12.7. The van der Waals surface area contributed by atoms with Crippen LogP contribution in [0.25, 0.3) is 16.7 Å². The number of halogens is 1. The lowest BCUT2D eigenvalue weighted by atomic mass is 10.3. The van der Waals surface area contributed by atoms with Crippen LogP contribution in [-0.2, 0) is 0 Å². The summed E-state index contributed by atoms with van der Waals surface area (Å²) in [5.41, 5.74) is 1.94. The SMILES string of the molecule is Cc1nn(-c2ccc(Br)cc2)c2nc[nH]c(=O)c12. The van der Waals surface area contributed by atoms with Gasteiger partial charge in [-0.15, -0.1) is 0 Å². The predicted octanol–water partition coefficient (Wildman–Crippen LogP) is 2.18. The molecule has 3 aromatic rings. The van der Waals surface area contributed by atoms with Gasteiger partial charge >= 0.3 is 0 Å². The van der Waals surface area contributed by atoms with E-state index < -0.39 is 0 Å². The van der Waals surface area contributed by atoms with E-state index in [-0.39, 0.29) is 5.56 Å². The van der Waals surface area contributed by atoms with E-state index in [0.29, 0.717) is 16.7 Å². The van der Waals surface area contributed by atoms with Gasteiger partial charge in [-0.05, 0) is 31.2 Å². The number of benzene rings is 1. The van der Waals surface area contributed by atoms with Crippen molar-refractivity contribution < 1.29 is 0 Å². The van der Waals surface area contributed by atoms with Crippen molar-refractivity contribution in [2.75, 3.05) is 0 Å². The van der Waals surface area contributed by atoms with Crippen molar-refractivity contribution in [3.63, 3.8) is 0 Å². The van der Waals surface area contributed by atoms with Gasteiger partial charge in [-0.25, -0.2) is 9.67 Å². The molecule has 0 radical (unpaired) electrons. The van der Waals surface area contributed by atoms with Crippen LogP contribution in [0.2, 0.25) is 0 Å². The molecular weight excluding hydrogens is 296 g/mol. The topological polar surface area (TPSA) is 63.6 Å². The highest BCUT2D eigenvalue weighted by molar-refractivity contribution is 9.10. The number of nitrogens with zero attached hydrogens (tertiary/aromatic N) is 3. The molecule has 0 aliphatic rings. The molecule has 2 aromatic heterocycles. The lowest BCUT2D eigenvalue weighted by molar-refractivity contribution is 0.876. The molecule has 0 fully saturated rings. The van der Waals surface area contributed by atoms with Gasteiger partial charge in [0.1, 0.15) is 5.39 Å². The van der Waals surface area contributed by atoms with E-state index in [1.54, 1.807) is 11.6 Å². The second-order valence-electron chi connectivity index (χ2n) is 3.90. The zero-order valence-electron chi connectivity index (χ0n) is 9.51. The molecule has 0 unspecified atom stereocenters. The van der Waals surface area contributed by atoms with Crippen molar-refractivity contribution in [2.24, 2.45) is 0 Å². The van der Waals surface area contributed by atoms with Crippen molar-refractivity contribution in [1.82, 2.24) is 19.7 Å². The maximum atomic E-state index is 11.7. The van der Waals surface area contributed by atoms with E-state index in [0.717, 1.165) is 10.2 Å². The van der Waals surface area contributed by atoms with Crippen molar-refractivity contribution >= 4 is 27.0 Å². The molecule has 0 saturated heterocycles. The molecule has 0 atom stereocenters. The second kappa shape index (κ2) is 4.06. The monoisotopic (exact) mass is 304 g/mol. The quantitative estimate of drug-likeness (QED) is 0.749. The summed E-state index contributed by atoms with van der Waals surface area (Å²) in [4.78, 5) is 18.5. The Kier molecular flexibility index (Phi) is 2.52. The Morgan fingerprint density at radius 2 is 2.00 bits per heavy atom. The summed E-state index contributed by atoms with van der Waals surface area (Å²) in [6, 6.07) is 7.67. The fourth-order valence-electron chi connectivity index (χ4n) is 1.89. The standard InChI is InChI=1S/C12H9BrN4O/c1-7-10-11(14-6-15-12(10)18)17(16-7)9-4-2-8(13)3-5-9/h2-6H,1H3,(H,14,15,18). The Morgan fingerprint density at radius 1 is 1.28 bits per heavy atom. The highest BCUT2D eigenvalue weighted by atomic mass is 79.9. The molecule has 1 aromatic carbocycles. The molecule has 1 N–H and O–H groups in total. The van der Waals surface area contributed by atoms with Gasteiger partial charge in [0.15, 0.2) is 5.65 Å². The van der Waals surface area contributed by atoms with Crippen LogP contribution in [0.3, 0.4) is 0 Å². The summed E-state index contributed by atoms with van der Waals surface area (Å²) in [6.45, 7) is 1.80. The molecule has 0 spiro atoms. The van der Waals surface area contributed by atoms with Crippen LogP contribution in [0.1, 0.15) is 5.69 Å². The Bertz CT molecular complexity index is 773. The molecule has 3 rings (SSSR count). The first-order valence-electron chi connectivity index (χ1n) is 5.36. The molecular formula is C12H9BrN4O. The van der Waals surface area contributed by atoms with Gasteiger partial charge in [0.2, 0.25) is 0 Å². The van der Waals surface area contributed by atoms with Crippen LogP contribution < -0.4 is 5.56 Å². The zero-order valence-corrected chi connectivity index (χ0v) is 11.1. The smallest absolute Gasteiger partial charge is 0.262 e. The molecule has 18 heavy (non-hydrogen) atoms. The number of nitrogens with one attached hydrogen (secondary N) is 1. The number of aromatic nitrogens is 4. The summed E-state index contributed by atoms with van der Waals surface area (Å²) in [7, 11) is 0. The van der Waals surface area contributed by atoms with Crippen molar-refractivity contribution in [1.29, 1.82) is 0 Å². The van der Waals surface area contributed by atoms with Gasteiger partial charge in [-0.1, -0.05) is 15.9 Å². The minimum absolute atomic E-state index is 0.166. The molecule has 0 aliphatic heterocycles. The number of hydrogen-bond donors (Lipinski definition) is 1. The minimum Gasteiger partial charge on any atom is -0.312 e. The Hall–Kier alpha value is -1.95. The molecule has 0 saturated carbocycles. The van der Waals surface area contributed by atoms with Crippen molar-refractivity contribution in [2.45, 2.75) is 6.92 Å². The van der Waals surface area contributed by atoms with Crippen LogP contribution in [-0.4, -0.2) is 19.7 Å².